The molecule has 0 aromatic rings. The van der Waals surface area contributed by atoms with Crippen LogP contribution in [0.5, 0.6) is 0 Å². The summed E-state index contributed by atoms with van der Waals surface area (Å²) in [7, 11) is 0. The second-order valence-corrected chi connectivity index (χ2v) is 12.7. The molecule has 2 unspecified atom stereocenters. The Bertz CT molecular complexity index is 406. The van der Waals surface area contributed by atoms with Crippen LogP contribution in [0.25, 0.3) is 0 Å². The van der Waals surface area contributed by atoms with Crippen molar-refractivity contribution in [1.82, 2.24) is 0 Å². The average molecular weight is 536 g/mol. The van der Waals surface area contributed by atoms with Crippen LogP contribution in [-0.2, 0) is 0 Å². The SMILES string of the molecule is [CH2]CCCCCCCCCCCCC(O)C(CCCCCCCCCC)CCCCCCCCCCCC. The lowest BCUT2D eigenvalue weighted by atomic mass is 9.87. The first kappa shape index (κ1) is 38.0. The third-order valence-electron chi connectivity index (χ3n) is 8.90. The first-order valence-corrected chi connectivity index (χ1v) is 18.2. The average Bonchev–Trinajstić information content (AvgIpc) is 2.92. The molecule has 0 aliphatic rings. The molecule has 0 saturated heterocycles. The van der Waals surface area contributed by atoms with Crippen molar-refractivity contribution in [2.75, 3.05) is 0 Å². The predicted octanol–water partition coefficient (Wildman–Crippen LogP) is 13.3. The minimum absolute atomic E-state index is 0.0498. The van der Waals surface area contributed by atoms with Crippen LogP contribution < -0.4 is 0 Å². The largest absolute Gasteiger partial charge is 0.393 e. The van der Waals surface area contributed by atoms with Gasteiger partial charge in [0, 0.05) is 0 Å². The van der Waals surface area contributed by atoms with E-state index in [1.165, 1.54) is 193 Å². The van der Waals surface area contributed by atoms with Gasteiger partial charge in [-0.1, -0.05) is 207 Å². The van der Waals surface area contributed by atoms with Crippen LogP contribution in [0, 0.1) is 12.8 Å². The first-order valence-electron chi connectivity index (χ1n) is 18.2. The summed E-state index contributed by atoms with van der Waals surface area (Å²) >= 11 is 0. The van der Waals surface area contributed by atoms with E-state index in [2.05, 4.69) is 20.8 Å². The summed E-state index contributed by atoms with van der Waals surface area (Å²) in [5.41, 5.74) is 0. The summed E-state index contributed by atoms with van der Waals surface area (Å²) in [6.45, 7) is 8.54. The van der Waals surface area contributed by atoms with Crippen molar-refractivity contribution < 1.29 is 5.11 Å². The number of rotatable bonds is 33. The number of aliphatic hydroxyl groups excluding tert-OH is 1. The fourth-order valence-corrected chi connectivity index (χ4v) is 6.14. The van der Waals surface area contributed by atoms with Crippen LogP contribution in [0.15, 0.2) is 0 Å². The molecule has 0 aromatic carbocycles. The molecule has 0 aliphatic carbocycles. The number of unbranched alkanes of at least 4 members (excludes halogenated alkanes) is 26. The van der Waals surface area contributed by atoms with Gasteiger partial charge in [-0.05, 0) is 25.2 Å². The Labute approximate surface area is 243 Å². The van der Waals surface area contributed by atoms with Gasteiger partial charge in [-0.3, -0.25) is 0 Å². The van der Waals surface area contributed by atoms with E-state index in [-0.39, 0.29) is 6.10 Å². The molecule has 0 heterocycles. The van der Waals surface area contributed by atoms with Crippen molar-refractivity contribution in [3.63, 3.8) is 0 Å². The van der Waals surface area contributed by atoms with Gasteiger partial charge in [0.2, 0.25) is 0 Å². The first-order chi connectivity index (χ1) is 18.8. The molecule has 0 aromatic heterocycles. The predicted molar refractivity (Wildman–Crippen MR) is 174 cm³/mol. The summed E-state index contributed by atoms with van der Waals surface area (Å²) in [5, 5.41) is 11.1. The zero-order chi connectivity index (χ0) is 27.8. The fraction of sp³-hybridized carbons (Fsp3) is 0.973. The summed E-state index contributed by atoms with van der Waals surface area (Å²) < 4.78 is 0. The maximum Gasteiger partial charge on any atom is 0.0568 e. The fourth-order valence-electron chi connectivity index (χ4n) is 6.14. The maximum absolute atomic E-state index is 11.1. The van der Waals surface area contributed by atoms with Gasteiger partial charge in [-0.15, -0.1) is 0 Å². The third kappa shape index (κ3) is 29.0. The Balaban J connectivity index is 4.01. The van der Waals surface area contributed by atoms with Gasteiger partial charge < -0.3 is 5.11 Å². The van der Waals surface area contributed by atoms with Crippen molar-refractivity contribution in [2.24, 2.45) is 5.92 Å². The van der Waals surface area contributed by atoms with Crippen LogP contribution in [0.1, 0.15) is 219 Å². The number of hydrogen-bond acceptors (Lipinski definition) is 1. The molecule has 38 heavy (non-hydrogen) atoms. The van der Waals surface area contributed by atoms with Crippen molar-refractivity contribution >= 4 is 0 Å². The van der Waals surface area contributed by atoms with Crippen molar-refractivity contribution in [2.45, 2.75) is 225 Å². The molecule has 0 amide bonds. The van der Waals surface area contributed by atoms with Gasteiger partial charge >= 0.3 is 0 Å². The van der Waals surface area contributed by atoms with E-state index in [0.29, 0.717) is 5.92 Å². The van der Waals surface area contributed by atoms with E-state index in [4.69, 9.17) is 0 Å². The Hall–Kier alpha value is -0.0400. The van der Waals surface area contributed by atoms with E-state index in [1.54, 1.807) is 0 Å². The lowest BCUT2D eigenvalue weighted by Crippen LogP contribution is -2.20. The van der Waals surface area contributed by atoms with Crippen LogP contribution >= 0.6 is 0 Å². The lowest BCUT2D eigenvalue weighted by molar-refractivity contribution is 0.0829. The second kappa shape index (κ2) is 33.2. The topological polar surface area (TPSA) is 20.2 Å². The van der Waals surface area contributed by atoms with Gasteiger partial charge in [0.1, 0.15) is 0 Å². The molecule has 0 aliphatic heterocycles. The van der Waals surface area contributed by atoms with Crippen LogP contribution in [-0.4, -0.2) is 11.2 Å². The van der Waals surface area contributed by atoms with E-state index in [1.807, 2.05) is 0 Å². The van der Waals surface area contributed by atoms with Crippen LogP contribution in [0.3, 0.4) is 0 Å². The minimum Gasteiger partial charge on any atom is -0.393 e. The molecule has 0 saturated carbocycles. The van der Waals surface area contributed by atoms with Crippen LogP contribution in [0.4, 0.5) is 0 Å². The quantitative estimate of drug-likeness (QED) is 0.0828. The molecule has 1 N–H and O–H groups in total. The monoisotopic (exact) mass is 536 g/mol. The molecule has 0 fully saturated rings. The normalized spacial score (nSPS) is 13.3. The third-order valence-corrected chi connectivity index (χ3v) is 8.90. The summed E-state index contributed by atoms with van der Waals surface area (Å²) in [6, 6.07) is 0. The minimum atomic E-state index is -0.0498. The second-order valence-electron chi connectivity index (χ2n) is 12.7. The highest BCUT2D eigenvalue weighted by molar-refractivity contribution is 4.70. The van der Waals surface area contributed by atoms with E-state index < -0.39 is 0 Å². The van der Waals surface area contributed by atoms with Gasteiger partial charge in [-0.2, -0.15) is 0 Å². The zero-order valence-electron chi connectivity index (χ0n) is 26.9. The molecular formula is C37H75O. The Morgan fingerprint density at radius 1 is 0.368 bits per heavy atom. The maximum atomic E-state index is 11.1. The summed E-state index contributed by atoms with van der Waals surface area (Å²) in [4.78, 5) is 0. The van der Waals surface area contributed by atoms with Crippen molar-refractivity contribution in [1.29, 1.82) is 0 Å². The highest BCUT2D eigenvalue weighted by Crippen LogP contribution is 2.25. The standard InChI is InChI=1S/C37H75O/c1-4-7-10-13-16-19-21-23-26-29-32-35-37(38)36(33-30-27-24-18-15-12-9-6-3)34-31-28-25-22-20-17-14-11-8-5-2/h36-38H,1,4-35H2,2-3H3. The summed E-state index contributed by atoms with van der Waals surface area (Å²) in [6.07, 6.45) is 43.5. The van der Waals surface area contributed by atoms with Gasteiger partial charge in [0.25, 0.3) is 0 Å². The van der Waals surface area contributed by atoms with Gasteiger partial charge in [0.05, 0.1) is 6.10 Å². The Kier molecular flexibility index (Phi) is 33.1. The molecule has 1 heteroatoms. The summed E-state index contributed by atoms with van der Waals surface area (Å²) in [5.74, 6) is 0.558. The lowest BCUT2D eigenvalue weighted by Gasteiger charge is -2.23. The highest BCUT2D eigenvalue weighted by atomic mass is 16.3. The molecule has 0 rings (SSSR count). The van der Waals surface area contributed by atoms with Crippen molar-refractivity contribution in [3.05, 3.63) is 6.92 Å². The van der Waals surface area contributed by atoms with E-state index in [9.17, 15) is 5.11 Å². The Morgan fingerprint density at radius 2 is 0.632 bits per heavy atom. The highest BCUT2D eigenvalue weighted by Gasteiger charge is 2.18. The zero-order valence-corrected chi connectivity index (χ0v) is 26.9. The smallest absolute Gasteiger partial charge is 0.0568 e. The Morgan fingerprint density at radius 3 is 0.947 bits per heavy atom. The number of aliphatic hydroxyl groups is 1. The molecule has 0 bridgehead atoms. The molecule has 0 spiro atoms. The molecule has 229 valence electrons. The van der Waals surface area contributed by atoms with Gasteiger partial charge in [0.15, 0.2) is 0 Å². The van der Waals surface area contributed by atoms with Crippen LogP contribution in [0.2, 0.25) is 0 Å². The number of hydrogen-bond donors (Lipinski definition) is 1. The van der Waals surface area contributed by atoms with Gasteiger partial charge in [-0.25, -0.2) is 0 Å². The van der Waals surface area contributed by atoms with Crippen molar-refractivity contribution in [3.8, 4) is 0 Å². The van der Waals surface area contributed by atoms with E-state index in [0.717, 1.165) is 12.8 Å². The molecule has 1 nitrogen and oxygen atoms in total. The van der Waals surface area contributed by atoms with E-state index >= 15 is 0 Å². The molecule has 1 radical (unpaired) electrons. The molecule has 2 atom stereocenters. The molecular weight excluding hydrogens is 460 g/mol.